The average molecular weight is 181 g/mol. The molecule has 0 spiro atoms. The van der Waals surface area contributed by atoms with Crippen LogP contribution in [0.5, 0.6) is 0 Å². The smallest absolute Gasteiger partial charge is 0.137 e. The van der Waals surface area contributed by atoms with Gasteiger partial charge in [0.1, 0.15) is 5.76 Å². The Morgan fingerprint density at radius 2 is 2.08 bits per heavy atom. The lowest BCUT2D eigenvalue weighted by molar-refractivity contribution is 0.149. The van der Waals surface area contributed by atoms with Gasteiger partial charge in [-0.3, -0.25) is 0 Å². The van der Waals surface area contributed by atoms with Crippen LogP contribution in [0, 0.1) is 13.8 Å². The molecule has 1 aromatic heterocycles. The minimum absolute atomic E-state index is 0.0475. The van der Waals surface area contributed by atoms with Crippen molar-refractivity contribution in [2.24, 2.45) is 0 Å². The van der Waals surface area contributed by atoms with E-state index in [4.69, 9.17) is 4.52 Å². The zero-order valence-electron chi connectivity index (χ0n) is 8.29. The maximum absolute atomic E-state index is 9.69. The number of aliphatic hydroxyl groups excluding tert-OH is 1. The summed E-state index contributed by atoms with van der Waals surface area (Å²) < 4.78 is 5.11. The third-order valence-electron chi connectivity index (χ3n) is 3.12. The van der Waals surface area contributed by atoms with Crippen LogP contribution in [0.1, 0.15) is 36.8 Å². The van der Waals surface area contributed by atoms with Gasteiger partial charge in [-0.25, -0.2) is 0 Å². The van der Waals surface area contributed by atoms with E-state index in [1.807, 2.05) is 20.8 Å². The van der Waals surface area contributed by atoms with Crippen molar-refractivity contribution < 1.29 is 9.63 Å². The maximum Gasteiger partial charge on any atom is 0.137 e. The van der Waals surface area contributed by atoms with Gasteiger partial charge in [-0.1, -0.05) is 5.16 Å². The maximum atomic E-state index is 9.69. The first kappa shape index (κ1) is 8.75. The molecule has 0 aliphatic heterocycles. The van der Waals surface area contributed by atoms with Crippen LogP contribution < -0.4 is 0 Å². The fourth-order valence-corrected chi connectivity index (χ4v) is 2.21. The van der Waals surface area contributed by atoms with Crippen LogP contribution in [-0.4, -0.2) is 16.4 Å². The molecule has 0 saturated heterocycles. The molecule has 13 heavy (non-hydrogen) atoms. The molecule has 1 N–H and O–H groups in total. The van der Waals surface area contributed by atoms with Crippen molar-refractivity contribution in [2.45, 2.75) is 45.1 Å². The highest BCUT2D eigenvalue weighted by Crippen LogP contribution is 2.52. The van der Waals surface area contributed by atoms with E-state index in [2.05, 4.69) is 5.16 Å². The first-order chi connectivity index (χ1) is 6.08. The molecule has 3 nitrogen and oxygen atoms in total. The van der Waals surface area contributed by atoms with Gasteiger partial charge in [0, 0.05) is 11.0 Å². The topological polar surface area (TPSA) is 46.3 Å². The largest absolute Gasteiger partial charge is 0.392 e. The van der Waals surface area contributed by atoms with Crippen molar-refractivity contribution in [3.63, 3.8) is 0 Å². The lowest BCUT2D eigenvalue weighted by Crippen LogP contribution is -2.23. The van der Waals surface area contributed by atoms with Gasteiger partial charge in [-0.15, -0.1) is 0 Å². The van der Waals surface area contributed by atoms with Gasteiger partial charge in [0.05, 0.1) is 11.8 Å². The molecule has 1 aliphatic rings. The molecule has 0 radical (unpaired) electrons. The lowest BCUT2D eigenvalue weighted by atomic mass is 9.89. The molecule has 1 aromatic rings. The Kier molecular flexibility index (Phi) is 1.74. The second-order valence-electron chi connectivity index (χ2n) is 4.03. The highest BCUT2D eigenvalue weighted by atomic mass is 16.5. The molecule has 2 rings (SSSR count). The Morgan fingerprint density at radius 3 is 2.38 bits per heavy atom. The van der Waals surface area contributed by atoms with E-state index >= 15 is 0 Å². The number of rotatable bonds is 2. The first-order valence-electron chi connectivity index (χ1n) is 4.69. The number of hydrogen-bond donors (Lipinski definition) is 1. The summed E-state index contributed by atoms with van der Waals surface area (Å²) in [5.74, 6) is 0.857. The Balaban J connectivity index is 2.45. The summed E-state index contributed by atoms with van der Waals surface area (Å²) in [6, 6.07) is 0. The summed E-state index contributed by atoms with van der Waals surface area (Å²) in [4.78, 5) is 0. The molecule has 72 valence electrons. The van der Waals surface area contributed by atoms with Crippen molar-refractivity contribution in [3.8, 4) is 0 Å². The van der Waals surface area contributed by atoms with Crippen molar-refractivity contribution in [2.75, 3.05) is 0 Å². The monoisotopic (exact) mass is 181 g/mol. The van der Waals surface area contributed by atoms with Crippen LogP contribution in [0.25, 0.3) is 0 Å². The SMILES string of the molecule is Cc1noc(C)c1C1(C(C)O)CC1. The second kappa shape index (κ2) is 2.58. The predicted molar refractivity (Wildman–Crippen MR) is 48.6 cm³/mol. The van der Waals surface area contributed by atoms with Crippen molar-refractivity contribution in [1.82, 2.24) is 5.16 Å². The zero-order chi connectivity index (χ0) is 9.64. The summed E-state index contributed by atoms with van der Waals surface area (Å²) in [6.45, 7) is 5.70. The summed E-state index contributed by atoms with van der Waals surface area (Å²) >= 11 is 0. The third-order valence-corrected chi connectivity index (χ3v) is 3.12. The molecule has 1 atom stereocenters. The van der Waals surface area contributed by atoms with Crippen molar-refractivity contribution >= 4 is 0 Å². The predicted octanol–water partition coefficient (Wildman–Crippen LogP) is 1.70. The summed E-state index contributed by atoms with van der Waals surface area (Å²) in [6.07, 6.45) is 1.80. The van der Waals surface area contributed by atoms with E-state index in [1.165, 1.54) is 0 Å². The van der Waals surface area contributed by atoms with Crippen LogP contribution >= 0.6 is 0 Å². The van der Waals surface area contributed by atoms with Crippen LogP contribution in [0.15, 0.2) is 4.52 Å². The first-order valence-corrected chi connectivity index (χ1v) is 4.69. The second-order valence-corrected chi connectivity index (χ2v) is 4.03. The molecule has 1 aliphatic carbocycles. The Morgan fingerprint density at radius 1 is 1.46 bits per heavy atom. The third kappa shape index (κ3) is 1.10. The molecule has 1 saturated carbocycles. The van der Waals surface area contributed by atoms with Crippen LogP contribution in [-0.2, 0) is 5.41 Å². The minimum atomic E-state index is -0.302. The van der Waals surface area contributed by atoms with Crippen LogP contribution in [0.2, 0.25) is 0 Å². The number of aryl methyl sites for hydroxylation is 2. The van der Waals surface area contributed by atoms with E-state index in [1.54, 1.807) is 0 Å². The van der Waals surface area contributed by atoms with Gasteiger partial charge in [-0.05, 0) is 33.6 Å². The standard InChI is InChI=1S/C10H15NO2/c1-6-9(7(2)13-11-6)10(4-5-10)8(3)12/h8,12H,4-5H2,1-3H3. The zero-order valence-corrected chi connectivity index (χ0v) is 8.29. The van der Waals surface area contributed by atoms with E-state index < -0.39 is 0 Å². The van der Waals surface area contributed by atoms with Crippen LogP contribution in [0.4, 0.5) is 0 Å². The van der Waals surface area contributed by atoms with Crippen molar-refractivity contribution in [1.29, 1.82) is 0 Å². The van der Waals surface area contributed by atoms with Gasteiger partial charge in [-0.2, -0.15) is 0 Å². The van der Waals surface area contributed by atoms with Crippen LogP contribution in [0.3, 0.4) is 0 Å². The fourth-order valence-electron chi connectivity index (χ4n) is 2.21. The van der Waals surface area contributed by atoms with Gasteiger partial charge in [0.2, 0.25) is 0 Å². The van der Waals surface area contributed by atoms with E-state index in [9.17, 15) is 5.11 Å². The Hall–Kier alpha value is -0.830. The Labute approximate surface area is 77.7 Å². The molecule has 3 heteroatoms. The van der Waals surface area contributed by atoms with Gasteiger partial charge >= 0.3 is 0 Å². The summed E-state index contributed by atoms with van der Waals surface area (Å²) in [5.41, 5.74) is 2.01. The molecule has 1 fully saturated rings. The highest BCUT2D eigenvalue weighted by Gasteiger charge is 2.51. The van der Waals surface area contributed by atoms with Gasteiger partial charge < -0.3 is 9.63 Å². The molecule has 0 bridgehead atoms. The molecular weight excluding hydrogens is 166 g/mol. The molecule has 0 aromatic carbocycles. The Bertz CT molecular complexity index is 304. The normalized spacial score (nSPS) is 21.5. The lowest BCUT2D eigenvalue weighted by Gasteiger charge is -2.17. The molecule has 1 unspecified atom stereocenters. The molecule has 1 heterocycles. The fraction of sp³-hybridized carbons (Fsp3) is 0.700. The highest BCUT2D eigenvalue weighted by molar-refractivity contribution is 5.37. The van der Waals surface area contributed by atoms with Gasteiger partial charge in [0.25, 0.3) is 0 Å². The number of hydrogen-bond acceptors (Lipinski definition) is 3. The summed E-state index contributed by atoms with van der Waals surface area (Å²) in [7, 11) is 0. The number of nitrogens with zero attached hydrogens (tertiary/aromatic N) is 1. The minimum Gasteiger partial charge on any atom is -0.392 e. The van der Waals surface area contributed by atoms with Gasteiger partial charge in [0.15, 0.2) is 0 Å². The average Bonchev–Trinajstić information content (AvgIpc) is 2.77. The summed E-state index contributed by atoms with van der Waals surface area (Å²) in [5, 5.41) is 13.6. The quantitative estimate of drug-likeness (QED) is 0.755. The van der Waals surface area contributed by atoms with E-state index in [0.717, 1.165) is 29.9 Å². The van der Waals surface area contributed by atoms with E-state index in [0.29, 0.717) is 0 Å². The van der Waals surface area contributed by atoms with Crippen molar-refractivity contribution in [3.05, 3.63) is 17.0 Å². The molecular formula is C10H15NO2. The van der Waals surface area contributed by atoms with E-state index in [-0.39, 0.29) is 11.5 Å². The number of aliphatic hydroxyl groups is 1. The molecule has 0 amide bonds. The number of aromatic nitrogens is 1.